The minimum absolute atomic E-state index is 0.145. The SMILES string of the molecule is O=CC1c2c(I)cccc2CN1Cc1ccc(Cl)cc1. The average Bonchev–Trinajstić information content (AvgIpc) is 2.80. The van der Waals surface area contributed by atoms with Gasteiger partial charge in [-0.15, -0.1) is 0 Å². The van der Waals surface area contributed by atoms with Crippen molar-refractivity contribution in [3.8, 4) is 0 Å². The number of fused-ring (bicyclic) bond motifs is 1. The first-order chi connectivity index (χ1) is 9.69. The minimum Gasteiger partial charge on any atom is -0.301 e. The maximum atomic E-state index is 11.5. The first-order valence-electron chi connectivity index (χ1n) is 6.40. The van der Waals surface area contributed by atoms with Crippen LogP contribution in [0.15, 0.2) is 42.5 Å². The summed E-state index contributed by atoms with van der Waals surface area (Å²) in [6.45, 7) is 1.57. The summed E-state index contributed by atoms with van der Waals surface area (Å²) in [4.78, 5) is 13.7. The molecule has 0 saturated heterocycles. The Morgan fingerprint density at radius 2 is 2.00 bits per heavy atom. The van der Waals surface area contributed by atoms with Crippen molar-refractivity contribution in [2.75, 3.05) is 0 Å². The summed E-state index contributed by atoms with van der Waals surface area (Å²) in [6.07, 6.45) is 1.05. The van der Waals surface area contributed by atoms with Crippen LogP contribution in [0.25, 0.3) is 0 Å². The molecular formula is C16H13ClINO. The van der Waals surface area contributed by atoms with Crippen molar-refractivity contribution < 1.29 is 4.79 Å². The molecule has 20 heavy (non-hydrogen) atoms. The molecule has 102 valence electrons. The fourth-order valence-electron chi connectivity index (χ4n) is 2.68. The van der Waals surface area contributed by atoms with Gasteiger partial charge in [0.1, 0.15) is 6.29 Å². The molecule has 0 aliphatic carbocycles. The molecule has 1 aliphatic heterocycles. The highest BCUT2D eigenvalue weighted by atomic mass is 127. The van der Waals surface area contributed by atoms with Crippen LogP contribution < -0.4 is 0 Å². The van der Waals surface area contributed by atoms with Crippen LogP contribution in [0.4, 0.5) is 0 Å². The number of benzene rings is 2. The summed E-state index contributed by atoms with van der Waals surface area (Å²) in [5, 5.41) is 0.736. The van der Waals surface area contributed by atoms with E-state index < -0.39 is 0 Å². The van der Waals surface area contributed by atoms with Crippen LogP contribution in [-0.2, 0) is 17.9 Å². The predicted molar refractivity (Wildman–Crippen MR) is 88.7 cm³/mol. The van der Waals surface area contributed by atoms with E-state index in [-0.39, 0.29) is 6.04 Å². The summed E-state index contributed by atoms with van der Waals surface area (Å²) in [5.41, 5.74) is 3.59. The van der Waals surface area contributed by atoms with Crippen molar-refractivity contribution >= 4 is 40.5 Å². The Morgan fingerprint density at radius 3 is 2.70 bits per heavy atom. The average molecular weight is 398 g/mol. The van der Waals surface area contributed by atoms with Gasteiger partial charge >= 0.3 is 0 Å². The van der Waals surface area contributed by atoms with Crippen LogP contribution in [0.5, 0.6) is 0 Å². The molecule has 3 rings (SSSR count). The fourth-order valence-corrected chi connectivity index (χ4v) is 3.68. The second-order valence-corrected chi connectivity index (χ2v) is 6.52. The third kappa shape index (κ3) is 2.62. The molecule has 0 radical (unpaired) electrons. The van der Waals surface area contributed by atoms with Crippen molar-refractivity contribution in [1.29, 1.82) is 0 Å². The fraction of sp³-hybridized carbons (Fsp3) is 0.188. The molecule has 1 unspecified atom stereocenters. The maximum absolute atomic E-state index is 11.5. The molecule has 0 spiro atoms. The summed E-state index contributed by atoms with van der Waals surface area (Å²) >= 11 is 8.21. The second-order valence-electron chi connectivity index (χ2n) is 4.93. The molecule has 0 saturated carbocycles. The van der Waals surface area contributed by atoms with Crippen LogP contribution in [0.2, 0.25) is 5.02 Å². The Hall–Kier alpha value is -0.910. The van der Waals surface area contributed by atoms with Gasteiger partial charge in [0.15, 0.2) is 0 Å². The van der Waals surface area contributed by atoms with E-state index >= 15 is 0 Å². The van der Waals surface area contributed by atoms with Gasteiger partial charge in [-0.25, -0.2) is 0 Å². The zero-order valence-electron chi connectivity index (χ0n) is 10.7. The predicted octanol–water partition coefficient (Wildman–Crippen LogP) is 4.20. The molecule has 2 nitrogen and oxygen atoms in total. The lowest BCUT2D eigenvalue weighted by atomic mass is 10.1. The van der Waals surface area contributed by atoms with Crippen LogP contribution >= 0.6 is 34.2 Å². The molecule has 2 aromatic carbocycles. The first-order valence-corrected chi connectivity index (χ1v) is 7.86. The largest absolute Gasteiger partial charge is 0.301 e. The van der Waals surface area contributed by atoms with Gasteiger partial charge in [0.05, 0.1) is 6.04 Å². The number of carbonyl (C=O) groups is 1. The van der Waals surface area contributed by atoms with Gasteiger partial charge < -0.3 is 4.79 Å². The van der Waals surface area contributed by atoms with Crippen LogP contribution in [0.1, 0.15) is 22.7 Å². The highest BCUT2D eigenvalue weighted by Gasteiger charge is 2.31. The number of hydrogen-bond donors (Lipinski definition) is 0. The molecule has 0 amide bonds. The van der Waals surface area contributed by atoms with Gasteiger partial charge in [-0.05, 0) is 57.5 Å². The summed E-state index contributed by atoms with van der Waals surface area (Å²) in [5.74, 6) is 0. The van der Waals surface area contributed by atoms with E-state index in [1.54, 1.807) is 0 Å². The van der Waals surface area contributed by atoms with Crippen molar-refractivity contribution in [2.24, 2.45) is 0 Å². The van der Waals surface area contributed by atoms with E-state index in [1.807, 2.05) is 30.3 Å². The van der Waals surface area contributed by atoms with E-state index in [0.717, 1.165) is 33.5 Å². The highest BCUT2D eigenvalue weighted by Crippen LogP contribution is 2.36. The van der Waals surface area contributed by atoms with Crippen LogP contribution in [-0.4, -0.2) is 11.2 Å². The number of aldehydes is 1. The Labute approximate surface area is 136 Å². The van der Waals surface area contributed by atoms with Crippen molar-refractivity contribution in [3.63, 3.8) is 0 Å². The van der Waals surface area contributed by atoms with E-state index in [2.05, 4.69) is 39.6 Å². The molecular weight excluding hydrogens is 385 g/mol. The summed E-state index contributed by atoms with van der Waals surface area (Å²) in [7, 11) is 0. The van der Waals surface area contributed by atoms with Crippen LogP contribution in [0.3, 0.4) is 0 Å². The molecule has 0 N–H and O–H groups in total. The molecule has 0 bridgehead atoms. The van der Waals surface area contributed by atoms with Gasteiger partial charge in [-0.2, -0.15) is 0 Å². The topological polar surface area (TPSA) is 20.3 Å². The molecule has 1 aliphatic rings. The van der Waals surface area contributed by atoms with Gasteiger partial charge in [-0.1, -0.05) is 35.9 Å². The Morgan fingerprint density at radius 1 is 1.25 bits per heavy atom. The van der Waals surface area contributed by atoms with Crippen molar-refractivity contribution in [1.82, 2.24) is 4.90 Å². The third-order valence-corrected chi connectivity index (χ3v) is 4.83. The Kier molecular flexibility index (Phi) is 4.10. The monoisotopic (exact) mass is 397 g/mol. The van der Waals surface area contributed by atoms with Gasteiger partial charge in [0, 0.05) is 21.7 Å². The van der Waals surface area contributed by atoms with Crippen molar-refractivity contribution in [3.05, 3.63) is 67.7 Å². The quantitative estimate of drug-likeness (QED) is 0.571. The zero-order valence-corrected chi connectivity index (χ0v) is 13.6. The van der Waals surface area contributed by atoms with Gasteiger partial charge in [0.2, 0.25) is 0 Å². The molecule has 4 heteroatoms. The summed E-state index contributed by atoms with van der Waals surface area (Å²) in [6, 6.07) is 13.9. The highest BCUT2D eigenvalue weighted by molar-refractivity contribution is 14.1. The number of nitrogens with zero attached hydrogens (tertiary/aromatic N) is 1. The number of carbonyl (C=O) groups excluding carboxylic acids is 1. The molecule has 0 fully saturated rings. The van der Waals surface area contributed by atoms with Crippen LogP contribution in [0, 0.1) is 3.57 Å². The smallest absolute Gasteiger partial charge is 0.141 e. The first kappa shape index (κ1) is 14.0. The molecule has 0 aromatic heterocycles. The van der Waals surface area contributed by atoms with Crippen molar-refractivity contribution in [2.45, 2.75) is 19.1 Å². The van der Waals surface area contributed by atoms with E-state index in [9.17, 15) is 4.79 Å². The lowest BCUT2D eigenvalue weighted by molar-refractivity contribution is -0.112. The van der Waals surface area contributed by atoms with Gasteiger partial charge in [-0.3, -0.25) is 4.90 Å². The normalized spacial score (nSPS) is 18.0. The number of rotatable bonds is 3. The standard InChI is InChI=1S/C16H13ClINO/c17-13-6-4-11(5-7-13)8-19-9-12-2-1-3-14(18)16(12)15(19)10-20/h1-7,10,15H,8-9H2. The second kappa shape index (κ2) is 5.84. The maximum Gasteiger partial charge on any atom is 0.141 e. The number of halogens is 2. The van der Waals surface area contributed by atoms with E-state index in [0.29, 0.717) is 0 Å². The van der Waals surface area contributed by atoms with Gasteiger partial charge in [0.25, 0.3) is 0 Å². The number of hydrogen-bond acceptors (Lipinski definition) is 2. The van der Waals surface area contributed by atoms with E-state index in [4.69, 9.17) is 11.6 Å². The third-order valence-electron chi connectivity index (χ3n) is 3.63. The zero-order chi connectivity index (χ0) is 14.1. The Balaban J connectivity index is 1.87. The minimum atomic E-state index is -0.145. The lowest BCUT2D eigenvalue weighted by Crippen LogP contribution is -2.22. The molecule has 1 atom stereocenters. The lowest BCUT2D eigenvalue weighted by Gasteiger charge is -2.20. The molecule has 2 aromatic rings. The summed E-state index contributed by atoms with van der Waals surface area (Å²) < 4.78 is 1.16. The van der Waals surface area contributed by atoms with E-state index in [1.165, 1.54) is 11.1 Å². The Bertz CT molecular complexity index is 641. The molecule has 1 heterocycles.